The van der Waals surface area contributed by atoms with Crippen LogP contribution < -0.4 is 5.32 Å². The molecule has 1 N–H and O–H groups in total. The summed E-state index contributed by atoms with van der Waals surface area (Å²) in [5.41, 5.74) is 0. The maximum atomic E-state index is 12.3. The average molecular weight is 290 g/mol. The van der Waals surface area contributed by atoms with Gasteiger partial charge in [0, 0.05) is 19.7 Å². The number of likely N-dealkylation sites (N-methyl/N-ethyl adjacent to an activating group) is 1. The minimum Gasteiger partial charge on any atom is -0.377 e. The Balaban J connectivity index is 1.86. The number of sulfonamides is 1. The molecule has 3 unspecified atom stereocenters. The van der Waals surface area contributed by atoms with Crippen LogP contribution >= 0.6 is 0 Å². The van der Waals surface area contributed by atoms with Crippen LogP contribution in [-0.2, 0) is 14.8 Å². The molecule has 0 spiro atoms. The topological polar surface area (TPSA) is 58.6 Å². The van der Waals surface area contributed by atoms with Crippen LogP contribution in [0.25, 0.3) is 0 Å². The van der Waals surface area contributed by atoms with E-state index in [1.165, 1.54) is 17.1 Å². The summed E-state index contributed by atoms with van der Waals surface area (Å²) in [6.45, 7) is 3.64. The molecule has 5 nitrogen and oxygen atoms in total. The van der Waals surface area contributed by atoms with Gasteiger partial charge in [0.25, 0.3) is 0 Å². The molecule has 2 rings (SSSR count). The third-order valence-electron chi connectivity index (χ3n) is 4.38. The Bertz CT molecular complexity index is 379. The van der Waals surface area contributed by atoms with E-state index in [0.29, 0.717) is 19.1 Å². The predicted molar refractivity (Wildman–Crippen MR) is 75.6 cm³/mol. The minimum atomic E-state index is -3.16. The van der Waals surface area contributed by atoms with Gasteiger partial charge in [-0.25, -0.2) is 8.42 Å². The van der Waals surface area contributed by atoms with E-state index < -0.39 is 10.0 Å². The van der Waals surface area contributed by atoms with E-state index in [1.54, 1.807) is 7.05 Å². The Hall–Kier alpha value is -0.170. The zero-order valence-electron chi connectivity index (χ0n) is 12.0. The van der Waals surface area contributed by atoms with Crippen LogP contribution in [0.5, 0.6) is 0 Å². The Morgan fingerprint density at radius 2 is 2.11 bits per heavy atom. The molecule has 0 aromatic rings. The van der Waals surface area contributed by atoms with Crippen LogP contribution in [0.2, 0.25) is 0 Å². The first kappa shape index (κ1) is 15.2. The van der Waals surface area contributed by atoms with Crippen LogP contribution in [-0.4, -0.2) is 56.9 Å². The first-order chi connectivity index (χ1) is 9.00. The third-order valence-corrected chi connectivity index (χ3v) is 6.28. The van der Waals surface area contributed by atoms with Gasteiger partial charge in [0.2, 0.25) is 10.0 Å². The second-order valence-corrected chi connectivity index (χ2v) is 7.85. The molecule has 0 aromatic carbocycles. The zero-order valence-corrected chi connectivity index (χ0v) is 12.8. The highest BCUT2D eigenvalue weighted by Gasteiger charge is 2.34. The van der Waals surface area contributed by atoms with Crippen LogP contribution in [0.15, 0.2) is 0 Å². The molecule has 2 saturated heterocycles. The number of hydrogen-bond donors (Lipinski definition) is 1. The summed E-state index contributed by atoms with van der Waals surface area (Å²) in [5.74, 6) is 0.240. The molecule has 2 aliphatic heterocycles. The molecule has 0 aliphatic carbocycles. The lowest BCUT2D eigenvalue weighted by Crippen LogP contribution is -2.43. The molecule has 112 valence electrons. The second-order valence-electron chi connectivity index (χ2n) is 5.70. The van der Waals surface area contributed by atoms with E-state index in [2.05, 4.69) is 5.32 Å². The van der Waals surface area contributed by atoms with Gasteiger partial charge in [0.1, 0.15) is 0 Å². The van der Waals surface area contributed by atoms with Crippen molar-refractivity contribution in [1.82, 2.24) is 9.62 Å². The molecule has 2 aliphatic rings. The monoisotopic (exact) mass is 290 g/mol. The summed E-state index contributed by atoms with van der Waals surface area (Å²) >= 11 is 0. The molecule has 0 saturated carbocycles. The van der Waals surface area contributed by atoms with Gasteiger partial charge >= 0.3 is 0 Å². The van der Waals surface area contributed by atoms with Crippen molar-refractivity contribution >= 4 is 10.0 Å². The quantitative estimate of drug-likeness (QED) is 0.819. The Morgan fingerprint density at radius 1 is 1.32 bits per heavy atom. The molecule has 0 radical (unpaired) electrons. The Morgan fingerprint density at radius 3 is 2.68 bits per heavy atom. The fraction of sp³-hybridized carbons (Fsp3) is 1.00. The van der Waals surface area contributed by atoms with Crippen molar-refractivity contribution in [1.29, 1.82) is 0 Å². The van der Waals surface area contributed by atoms with Crippen molar-refractivity contribution in [3.63, 3.8) is 0 Å². The molecule has 6 heteroatoms. The maximum Gasteiger partial charge on any atom is 0.214 e. The average Bonchev–Trinajstić information content (AvgIpc) is 2.83. The van der Waals surface area contributed by atoms with Crippen molar-refractivity contribution in [3.8, 4) is 0 Å². The SMILES string of the molecule is CC1OCCC1N(C)S(=O)(=O)CCC1CCCCN1. The molecule has 0 aromatic heterocycles. The summed E-state index contributed by atoms with van der Waals surface area (Å²) in [5, 5.41) is 3.40. The first-order valence-electron chi connectivity index (χ1n) is 7.31. The van der Waals surface area contributed by atoms with Crippen LogP contribution in [0, 0.1) is 0 Å². The van der Waals surface area contributed by atoms with E-state index in [9.17, 15) is 8.42 Å². The summed E-state index contributed by atoms with van der Waals surface area (Å²) in [6.07, 6.45) is 5.05. The van der Waals surface area contributed by atoms with Gasteiger partial charge in [0.15, 0.2) is 0 Å². The lowest BCUT2D eigenvalue weighted by atomic mass is 10.0. The fourth-order valence-electron chi connectivity index (χ4n) is 3.01. The van der Waals surface area contributed by atoms with Gasteiger partial charge in [-0.1, -0.05) is 6.42 Å². The van der Waals surface area contributed by atoms with Crippen molar-refractivity contribution < 1.29 is 13.2 Å². The van der Waals surface area contributed by atoms with Crippen molar-refractivity contribution in [3.05, 3.63) is 0 Å². The fourth-order valence-corrected chi connectivity index (χ4v) is 4.57. The number of nitrogens with zero attached hydrogens (tertiary/aromatic N) is 1. The van der Waals surface area contributed by atoms with Crippen LogP contribution in [0.3, 0.4) is 0 Å². The molecular formula is C13H26N2O3S. The third kappa shape index (κ3) is 3.90. The van der Waals surface area contributed by atoms with Gasteiger partial charge in [0.05, 0.1) is 17.9 Å². The number of piperidine rings is 1. The molecule has 2 fully saturated rings. The van der Waals surface area contributed by atoms with Gasteiger partial charge in [-0.15, -0.1) is 0 Å². The highest BCUT2D eigenvalue weighted by Crippen LogP contribution is 2.22. The maximum absolute atomic E-state index is 12.3. The van der Waals surface area contributed by atoms with E-state index in [1.807, 2.05) is 6.92 Å². The van der Waals surface area contributed by atoms with Gasteiger partial charge < -0.3 is 10.1 Å². The van der Waals surface area contributed by atoms with E-state index >= 15 is 0 Å². The summed E-state index contributed by atoms with van der Waals surface area (Å²) in [4.78, 5) is 0. The van der Waals surface area contributed by atoms with Gasteiger partial charge in [-0.3, -0.25) is 0 Å². The minimum absolute atomic E-state index is 0.00400. The standard InChI is InChI=1S/C13H26N2O3S/c1-11-13(6-9-18-11)15(2)19(16,17)10-7-12-5-3-4-8-14-12/h11-14H,3-10H2,1-2H3. The largest absolute Gasteiger partial charge is 0.377 e. The van der Waals surface area contributed by atoms with Gasteiger partial charge in [-0.05, 0) is 39.2 Å². The van der Waals surface area contributed by atoms with E-state index in [4.69, 9.17) is 4.74 Å². The summed E-state index contributed by atoms with van der Waals surface area (Å²) in [7, 11) is -1.47. The number of ether oxygens (including phenoxy) is 1. The lowest BCUT2D eigenvalue weighted by molar-refractivity contribution is 0.102. The molecule has 0 amide bonds. The normalized spacial score (nSPS) is 32.9. The smallest absolute Gasteiger partial charge is 0.214 e. The predicted octanol–water partition coefficient (Wildman–Crippen LogP) is 0.958. The van der Waals surface area contributed by atoms with E-state index in [0.717, 1.165) is 19.4 Å². The van der Waals surface area contributed by atoms with Crippen molar-refractivity contribution in [2.75, 3.05) is 26.0 Å². The lowest BCUT2D eigenvalue weighted by Gasteiger charge is -2.28. The number of nitrogens with one attached hydrogen (secondary N) is 1. The molecule has 0 bridgehead atoms. The molecule has 19 heavy (non-hydrogen) atoms. The van der Waals surface area contributed by atoms with Gasteiger partial charge in [-0.2, -0.15) is 4.31 Å². The zero-order chi connectivity index (χ0) is 13.9. The van der Waals surface area contributed by atoms with E-state index in [-0.39, 0.29) is 17.9 Å². The highest BCUT2D eigenvalue weighted by atomic mass is 32.2. The summed E-state index contributed by atoms with van der Waals surface area (Å²) in [6, 6.07) is 0.374. The number of rotatable bonds is 5. The first-order valence-corrected chi connectivity index (χ1v) is 8.92. The second kappa shape index (κ2) is 6.52. The van der Waals surface area contributed by atoms with Crippen LogP contribution in [0.4, 0.5) is 0 Å². The molecule has 2 heterocycles. The summed E-state index contributed by atoms with van der Waals surface area (Å²) < 4.78 is 31.7. The molecule has 3 atom stereocenters. The number of hydrogen-bond acceptors (Lipinski definition) is 4. The molecular weight excluding hydrogens is 264 g/mol. The van der Waals surface area contributed by atoms with Crippen molar-refractivity contribution in [2.45, 2.75) is 57.2 Å². The highest BCUT2D eigenvalue weighted by molar-refractivity contribution is 7.89. The van der Waals surface area contributed by atoms with Crippen molar-refractivity contribution in [2.24, 2.45) is 0 Å². The van der Waals surface area contributed by atoms with Crippen LogP contribution in [0.1, 0.15) is 39.0 Å². The Labute approximate surface area is 116 Å². The Kier molecular flexibility index (Phi) is 5.22.